The van der Waals surface area contributed by atoms with Crippen LogP contribution in [0.4, 0.5) is 0 Å². The lowest BCUT2D eigenvalue weighted by atomic mass is 9.54. The summed E-state index contributed by atoms with van der Waals surface area (Å²) in [5, 5.41) is 0. The van der Waals surface area contributed by atoms with Gasteiger partial charge in [-0.15, -0.1) is 0 Å². The lowest BCUT2D eigenvalue weighted by Gasteiger charge is -2.50. The molecule has 0 aromatic heterocycles. The molecule has 0 N–H and O–H groups in total. The first-order chi connectivity index (χ1) is 20.2. The molecule has 44 heavy (non-hydrogen) atoms. The summed E-state index contributed by atoms with van der Waals surface area (Å²) >= 11 is 0. The van der Waals surface area contributed by atoms with Crippen molar-refractivity contribution in [3.05, 3.63) is 59.2 Å². The molecule has 4 heteroatoms. The van der Waals surface area contributed by atoms with Crippen molar-refractivity contribution in [2.75, 3.05) is 39.6 Å². The number of fused-ring (bicyclic) bond motifs is 1. The molecule has 2 atom stereocenters. The van der Waals surface area contributed by atoms with Gasteiger partial charge in [0.2, 0.25) is 0 Å². The number of hydrogen-bond donors (Lipinski definition) is 0. The van der Waals surface area contributed by atoms with Gasteiger partial charge in [0.25, 0.3) is 0 Å². The molecule has 248 valence electrons. The van der Waals surface area contributed by atoms with Crippen LogP contribution in [0.2, 0.25) is 0 Å². The van der Waals surface area contributed by atoms with Gasteiger partial charge in [-0.1, -0.05) is 120 Å². The maximum Gasteiger partial charge on any atom is 0.161 e. The van der Waals surface area contributed by atoms with Crippen LogP contribution in [0, 0.1) is 21.7 Å². The average Bonchev–Trinajstić information content (AvgIpc) is 2.85. The van der Waals surface area contributed by atoms with Crippen LogP contribution < -0.4 is 9.47 Å². The first kappa shape index (κ1) is 36.4. The van der Waals surface area contributed by atoms with Crippen molar-refractivity contribution in [3.8, 4) is 11.5 Å². The smallest absolute Gasteiger partial charge is 0.161 e. The monoisotopic (exact) mass is 608 g/mol. The molecule has 3 rings (SSSR count). The van der Waals surface area contributed by atoms with Gasteiger partial charge in [0.05, 0.1) is 26.4 Å². The van der Waals surface area contributed by atoms with Crippen LogP contribution in [0.5, 0.6) is 11.5 Å². The quantitative estimate of drug-likeness (QED) is 0.313. The number of hydrogen-bond acceptors (Lipinski definition) is 4. The van der Waals surface area contributed by atoms with Crippen LogP contribution in [0.3, 0.4) is 0 Å². The SMILES string of the molecule is CC(C)(C)CC(c1ccccc1)C(C)(C)CC(C)(C)C(c1cc2c(cc1C(C)(C)C)OCCOCCOCCO2)C(C)(C)C. The van der Waals surface area contributed by atoms with E-state index in [1.165, 1.54) is 16.7 Å². The van der Waals surface area contributed by atoms with Crippen molar-refractivity contribution in [1.29, 1.82) is 0 Å². The van der Waals surface area contributed by atoms with Gasteiger partial charge in [-0.05, 0) is 80.6 Å². The van der Waals surface area contributed by atoms with Gasteiger partial charge in [0, 0.05) is 0 Å². The number of ether oxygens (including phenoxy) is 4. The van der Waals surface area contributed by atoms with Gasteiger partial charge >= 0.3 is 0 Å². The first-order valence-corrected chi connectivity index (χ1v) is 16.9. The molecule has 0 spiro atoms. The summed E-state index contributed by atoms with van der Waals surface area (Å²) in [6, 6.07) is 15.8. The maximum atomic E-state index is 6.41. The molecule has 2 aromatic rings. The Labute approximate surface area is 270 Å². The molecular weight excluding hydrogens is 544 g/mol. The summed E-state index contributed by atoms with van der Waals surface area (Å²) in [6.07, 6.45) is 2.23. The Bertz CT molecular complexity index is 1170. The topological polar surface area (TPSA) is 36.9 Å². The highest BCUT2D eigenvalue weighted by atomic mass is 16.6. The van der Waals surface area contributed by atoms with Crippen LogP contribution in [0.15, 0.2) is 42.5 Å². The molecular formula is C40H64O4. The summed E-state index contributed by atoms with van der Waals surface area (Å²) in [4.78, 5) is 0. The predicted molar refractivity (Wildman–Crippen MR) is 185 cm³/mol. The molecule has 0 radical (unpaired) electrons. The molecule has 1 aliphatic rings. The third-order valence-electron chi connectivity index (χ3n) is 9.10. The molecule has 0 bridgehead atoms. The van der Waals surface area contributed by atoms with Gasteiger partial charge in [-0.2, -0.15) is 0 Å². The van der Waals surface area contributed by atoms with E-state index in [4.69, 9.17) is 18.9 Å². The fourth-order valence-electron chi connectivity index (χ4n) is 8.03. The fraction of sp³-hybridized carbons (Fsp3) is 0.700. The highest BCUT2D eigenvalue weighted by molar-refractivity contribution is 5.52. The van der Waals surface area contributed by atoms with Crippen LogP contribution in [0.1, 0.15) is 131 Å². The van der Waals surface area contributed by atoms with Gasteiger partial charge < -0.3 is 18.9 Å². The zero-order chi connectivity index (χ0) is 33.0. The van der Waals surface area contributed by atoms with Crippen molar-refractivity contribution < 1.29 is 18.9 Å². The van der Waals surface area contributed by atoms with Gasteiger partial charge in [0.15, 0.2) is 11.5 Å². The Morgan fingerprint density at radius 1 is 0.614 bits per heavy atom. The minimum atomic E-state index is -0.0784. The minimum absolute atomic E-state index is 0.00325. The van der Waals surface area contributed by atoms with Crippen molar-refractivity contribution in [3.63, 3.8) is 0 Å². The standard InChI is InChI=1S/C40H64O4/c1-36(2,3)27-32(29-17-15-14-16-18-29)39(10,11)28-40(12,13)35(38(7,8)9)30-25-33-34(26-31(30)37(4,5)6)44-24-22-42-20-19-41-21-23-43-33/h14-18,25-26,32,35H,19-24,27-28H2,1-13H3. The van der Waals surface area contributed by atoms with E-state index in [1.54, 1.807) is 0 Å². The lowest BCUT2D eigenvalue weighted by Crippen LogP contribution is -2.39. The normalized spacial score (nSPS) is 17.8. The maximum absolute atomic E-state index is 6.41. The van der Waals surface area contributed by atoms with Gasteiger partial charge in [-0.25, -0.2) is 0 Å². The molecule has 0 saturated heterocycles. The summed E-state index contributed by atoms with van der Waals surface area (Å²) < 4.78 is 24.2. The van der Waals surface area contributed by atoms with Crippen LogP contribution in [-0.4, -0.2) is 39.6 Å². The molecule has 2 aromatic carbocycles. The molecule has 0 fully saturated rings. The second kappa shape index (κ2) is 14.2. The van der Waals surface area contributed by atoms with E-state index in [0.29, 0.717) is 45.6 Å². The molecule has 4 nitrogen and oxygen atoms in total. The van der Waals surface area contributed by atoms with Crippen LogP contribution >= 0.6 is 0 Å². The van der Waals surface area contributed by atoms with Crippen molar-refractivity contribution in [2.45, 2.75) is 120 Å². The first-order valence-electron chi connectivity index (χ1n) is 16.9. The third kappa shape index (κ3) is 9.98. The van der Waals surface area contributed by atoms with Gasteiger partial charge in [0.1, 0.15) is 13.2 Å². The van der Waals surface area contributed by atoms with Crippen molar-refractivity contribution in [1.82, 2.24) is 0 Å². The highest BCUT2D eigenvalue weighted by Crippen LogP contribution is 2.58. The van der Waals surface area contributed by atoms with Crippen molar-refractivity contribution >= 4 is 0 Å². The van der Waals surface area contributed by atoms with Crippen molar-refractivity contribution in [2.24, 2.45) is 21.7 Å². The highest BCUT2D eigenvalue weighted by Gasteiger charge is 2.46. The summed E-state index contributed by atoms with van der Waals surface area (Å²) in [5.41, 5.74) is 4.33. The lowest BCUT2D eigenvalue weighted by molar-refractivity contribution is 0.0222. The fourth-order valence-corrected chi connectivity index (χ4v) is 8.03. The van der Waals surface area contributed by atoms with E-state index >= 15 is 0 Å². The van der Waals surface area contributed by atoms with E-state index in [1.807, 2.05) is 0 Å². The van der Waals surface area contributed by atoms with Crippen LogP contribution in [0.25, 0.3) is 0 Å². The van der Waals surface area contributed by atoms with E-state index < -0.39 is 0 Å². The molecule has 0 amide bonds. The van der Waals surface area contributed by atoms with E-state index in [-0.39, 0.29) is 33.0 Å². The van der Waals surface area contributed by atoms with Gasteiger partial charge in [-0.3, -0.25) is 0 Å². The third-order valence-corrected chi connectivity index (χ3v) is 9.10. The Morgan fingerprint density at radius 3 is 1.59 bits per heavy atom. The van der Waals surface area contributed by atoms with E-state index in [2.05, 4.69) is 132 Å². The summed E-state index contributed by atoms with van der Waals surface area (Å²) in [5.74, 6) is 2.31. The molecule has 0 saturated carbocycles. The Morgan fingerprint density at radius 2 is 1.11 bits per heavy atom. The zero-order valence-corrected chi connectivity index (χ0v) is 30.5. The Balaban J connectivity index is 2.15. The largest absolute Gasteiger partial charge is 0.487 e. The zero-order valence-electron chi connectivity index (χ0n) is 30.5. The average molecular weight is 609 g/mol. The number of benzene rings is 2. The Hall–Kier alpha value is -2.04. The molecule has 0 aliphatic carbocycles. The number of rotatable bonds is 7. The molecule has 2 unspecified atom stereocenters. The molecule has 1 aliphatic heterocycles. The minimum Gasteiger partial charge on any atom is -0.487 e. The Kier molecular flexibility index (Phi) is 11.7. The second-order valence-electron chi connectivity index (χ2n) is 17.7. The van der Waals surface area contributed by atoms with E-state index in [9.17, 15) is 0 Å². The second-order valence-corrected chi connectivity index (χ2v) is 17.7. The molecule has 1 heterocycles. The van der Waals surface area contributed by atoms with E-state index in [0.717, 1.165) is 24.3 Å². The summed E-state index contributed by atoms with van der Waals surface area (Å²) in [7, 11) is 0. The predicted octanol–water partition coefficient (Wildman–Crippen LogP) is 10.6. The van der Waals surface area contributed by atoms with Crippen LogP contribution in [-0.2, 0) is 14.9 Å². The summed E-state index contributed by atoms with van der Waals surface area (Å²) in [6.45, 7) is 34.5.